The van der Waals surface area contributed by atoms with Crippen LogP contribution >= 0.6 is 0 Å². The summed E-state index contributed by atoms with van der Waals surface area (Å²) in [5.74, 6) is 0.397. The van der Waals surface area contributed by atoms with Crippen molar-refractivity contribution in [3.63, 3.8) is 0 Å². The molecule has 0 spiro atoms. The molecule has 1 heteroatoms. The van der Waals surface area contributed by atoms with Gasteiger partial charge in [0.05, 0.1) is 0 Å². The van der Waals surface area contributed by atoms with E-state index in [-0.39, 0.29) is 0 Å². The molecule has 1 atom stereocenters. The van der Waals surface area contributed by atoms with Gasteiger partial charge in [-0.05, 0) is 25.0 Å². The van der Waals surface area contributed by atoms with Gasteiger partial charge in [0.15, 0.2) is 0 Å². The lowest BCUT2D eigenvalue weighted by molar-refractivity contribution is 0.858. The molecule has 0 aliphatic rings. The molecule has 0 radical (unpaired) electrons. The second-order valence-corrected chi connectivity index (χ2v) is 5.40. The van der Waals surface area contributed by atoms with E-state index in [0.29, 0.717) is 5.92 Å². The molecule has 21 heavy (non-hydrogen) atoms. The van der Waals surface area contributed by atoms with E-state index in [2.05, 4.69) is 67.4 Å². The fourth-order valence-corrected chi connectivity index (χ4v) is 2.70. The van der Waals surface area contributed by atoms with Crippen molar-refractivity contribution in [2.75, 3.05) is 0 Å². The van der Waals surface area contributed by atoms with Gasteiger partial charge in [0.1, 0.15) is 0 Å². The first-order chi connectivity index (χ1) is 10.3. The van der Waals surface area contributed by atoms with Crippen LogP contribution in [0.15, 0.2) is 60.7 Å². The highest BCUT2D eigenvalue weighted by atomic mass is 14.7. The number of fused-ring (bicyclic) bond motifs is 1. The molecule has 1 aromatic carbocycles. The third-order valence-electron chi connectivity index (χ3n) is 3.73. The van der Waals surface area contributed by atoms with Gasteiger partial charge in [0, 0.05) is 22.5 Å². The number of aromatic nitrogens is 1. The molecule has 2 rings (SSSR count). The van der Waals surface area contributed by atoms with Gasteiger partial charge < -0.3 is 4.98 Å². The molecule has 0 aliphatic carbocycles. The SMILES string of the molecule is C/C=C/C=C\C=C\C(C)c1[nH]c2ccccc2c1CCC. The Morgan fingerprint density at radius 2 is 1.86 bits per heavy atom. The van der Waals surface area contributed by atoms with Gasteiger partial charge in [-0.25, -0.2) is 0 Å². The minimum Gasteiger partial charge on any atom is -0.358 e. The lowest BCUT2D eigenvalue weighted by Gasteiger charge is -2.08. The van der Waals surface area contributed by atoms with E-state index in [9.17, 15) is 0 Å². The van der Waals surface area contributed by atoms with E-state index in [1.165, 1.54) is 28.6 Å². The van der Waals surface area contributed by atoms with Crippen LogP contribution in [0.2, 0.25) is 0 Å². The molecule has 0 amide bonds. The summed E-state index contributed by atoms with van der Waals surface area (Å²) < 4.78 is 0. The predicted molar refractivity (Wildman–Crippen MR) is 93.8 cm³/mol. The average molecular weight is 279 g/mol. The summed E-state index contributed by atoms with van der Waals surface area (Å²) in [5, 5.41) is 1.37. The quantitative estimate of drug-likeness (QED) is 0.632. The molecule has 0 aliphatic heterocycles. The number of para-hydroxylation sites is 1. The van der Waals surface area contributed by atoms with Gasteiger partial charge in [-0.1, -0.05) is 74.9 Å². The summed E-state index contributed by atoms with van der Waals surface area (Å²) in [4.78, 5) is 3.61. The van der Waals surface area contributed by atoms with E-state index in [1.807, 2.05) is 19.1 Å². The van der Waals surface area contributed by atoms with Crippen molar-refractivity contribution in [1.82, 2.24) is 4.98 Å². The zero-order valence-electron chi connectivity index (χ0n) is 13.3. The van der Waals surface area contributed by atoms with Crippen LogP contribution in [-0.2, 0) is 6.42 Å². The van der Waals surface area contributed by atoms with Gasteiger partial charge in [-0.2, -0.15) is 0 Å². The maximum absolute atomic E-state index is 3.61. The maximum atomic E-state index is 3.61. The number of hydrogen-bond donors (Lipinski definition) is 1. The fourth-order valence-electron chi connectivity index (χ4n) is 2.70. The molecule has 0 fully saturated rings. The summed E-state index contributed by atoms with van der Waals surface area (Å²) >= 11 is 0. The van der Waals surface area contributed by atoms with Crippen molar-refractivity contribution in [3.8, 4) is 0 Å². The Balaban J connectivity index is 2.29. The molecule has 0 bridgehead atoms. The number of rotatable bonds is 6. The highest BCUT2D eigenvalue weighted by Crippen LogP contribution is 2.29. The normalized spacial score (nSPS) is 14.0. The minimum atomic E-state index is 0.397. The van der Waals surface area contributed by atoms with Crippen LogP contribution in [0.5, 0.6) is 0 Å². The molecule has 1 aromatic heterocycles. The lowest BCUT2D eigenvalue weighted by atomic mass is 9.98. The van der Waals surface area contributed by atoms with Crippen LogP contribution in [-0.4, -0.2) is 4.98 Å². The first-order valence-electron chi connectivity index (χ1n) is 7.83. The monoisotopic (exact) mass is 279 g/mol. The van der Waals surface area contributed by atoms with Crippen molar-refractivity contribution in [3.05, 3.63) is 72.0 Å². The zero-order chi connectivity index (χ0) is 15.1. The molecular formula is C20H25N. The van der Waals surface area contributed by atoms with Gasteiger partial charge in [0.25, 0.3) is 0 Å². The van der Waals surface area contributed by atoms with Gasteiger partial charge in [0.2, 0.25) is 0 Å². The third kappa shape index (κ3) is 3.75. The van der Waals surface area contributed by atoms with E-state index in [1.54, 1.807) is 0 Å². The van der Waals surface area contributed by atoms with E-state index >= 15 is 0 Å². The summed E-state index contributed by atoms with van der Waals surface area (Å²) in [6.07, 6.45) is 14.9. The van der Waals surface area contributed by atoms with Gasteiger partial charge >= 0.3 is 0 Å². The summed E-state index contributed by atoms with van der Waals surface area (Å²) in [7, 11) is 0. The molecule has 1 N–H and O–H groups in total. The van der Waals surface area contributed by atoms with Crippen LogP contribution in [0, 0.1) is 0 Å². The molecule has 0 saturated carbocycles. The highest BCUT2D eigenvalue weighted by molar-refractivity contribution is 5.85. The fraction of sp³-hybridized carbons (Fsp3) is 0.300. The highest BCUT2D eigenvalue weighted by Gasteiger charge is 2.13. The number of benzene rings is 1. The molecule has 2 aromatic rings. The lowest BCUT2D eigenvalue weighted by Crippen LogP contribution is -1.95. The Labute approximate surface area is 128 Å². The minimum absolute atomic E-state index is 0.397. The topological polar surface area (TPSA) is 15.8 Å². The molecule has 1 heterocycles. The first-order valence-corrected chi connectivity index (χ1v) is 7.83. The van der Waals surface area contributed by atoms with Crippen molar-refractivity contribution in [1.29, 1.82) is 0 Å². The van der Waals surface area contributed by atoms with Crippen LogP contribution in [0.25, 0.3) is 10.9 Å². The Bertz CT molecular complexity index is 656. The molecule has 0 saturated heterocycles. The smallest absolute Gasteiger partial charge is 0.0459 e. The van der Waals surface area contributed by atoms with Crippen molar-refractivity contribution in [2.45, 2.75) is 39.5 Å². The van der Waals surface area contributed by atoms with Crippen LogP contribution < -0.4 is 0 Å². The average Bonchev–Trinajstić information content (AvgIpc) is 2.86. The summed E-state index contributed by atoms with van der Waals surface area (Å²) in [5.41, 5.74) is 4.08. The molecular weight excluding hydrogens is 254 g/mol. The second-order valence-electron chi connectivity index (χ2n) is 5.40. The standard InChI is InChI=1S/C20H25N/c1-4-6-7-8-9-13-16(3)20-18(12-5-2)17-14-10-11-15-19(17)21-20/h4,6-11,13-16,21H,5,12H2,1-3H3/b6-4+,8-7-,13-9+. The van der Waals surface area contributed by atoms with Crippen molar-refractivity contribution >= 4 is 10.9 Å². The van der Waals surface area contributed by atoms with E-state index in [0.717, 1.165) is 6.42 Å². The van der Waals surface area contributed by atoms with Gasteiger partial charge in [-0.3, -0.25) is 0 Å². The third-order valence-corrected chi connectivity index (χ3v) is 3.73. The first kappa shape index (κ1) is 15.4. The second kappa shape index (κ2) is 7.68. The van der Waals surface area contributed by atoms with Crippen LogP contribution in [0.3, 0.4) is 0 Å². The van der Waals surface area contributed by atoms with Gasteiger partial charge in [-0.15, -0.1) is 0 Å². The Morgan fingerprint density at radius 3 is 2.62 bits per heavy atom. The van der Waals surface area contributed by atoms with E-state index in [4.69, 9.17) is 0 Å². The van der Waals surface area contributed by atoms with E-state index < -0.39 is 0 Å². The van der Waals surface area contributed by atoms with Crippen LogP contribution in [0.1, 0.15) is 44.4 Å². The van der Waals surface area contributed by atoms with Crippen molar-refractivity contribution < 1.29 is 0 Å². The Kier molecular flexibility index (Phi) is 5.62. The maximum Gasteiger partial charge on any atom is 0.0459 e. The molecule has 110 valence electrons. The van der Waals surface area contributed by atoms with Crippen molar-refractivity contribution in [2.24, 2.45) is 0 Å². The Hall–Kier alpha value is -2.02. The molecule has 1 nitrogen and oxygen atoms in total. The van der Waals surface area contributed by atoms with Crippen LogP contribution in [0.4, 0.5) is 0 Å². The zero-order valence-corrected chi connectivity index (χ0v) is 13.3. The number of H-pyrrole nitrogens is 1. The largest absolute Gasteiger partial charge is 0.358 e. The predicted octanol–water partition coefficient (Wildman–Crippen LogP) is 5.91. The number of aromatic amines is 1. The summed E-state index contributed by atoms with van der Waals surface area (Å²) in [6.45, 7) is 6.52. The summed E-state index contributed by atoms with van der Waals surface area (Å²) in [6, 6.07) is 8.61. The number of hydrogen-bond acceptors (Lipinski definition) is 0. The number of aryl methyl sites for hydroxylation is 1. The Morgan fingerprint density at radius 1 is 1.10 bits per heavy atom. The molecule has 1 unspecified atom stereocenters. The number of nitrogens with one attached hydrogen (secondary N) is 1. The number of allylic oxidation sites excluding steroid dienone is 6.